The van der Waals surface area contributed by atoms with Gasteiger partial charge in [0.2, 0.25) is 0 Å². The molecule has 4 heteroatoms. The molecule has 96 valence electrons. The molecule has 3 nitrogen and oxygen atoms in total. The quantitative estimate of drug-likeness (QED) is 0.666. The number of benzene rings is 1. The Kier molecular flexibility index (Phi) is 7.04. The molecule has 0 bridgehead atoms. The largest absolute Gasteiger partial charge is 0.391 e. The highest BCUT2D eigenvalue weighted by atomic mass is 35.5. The van der Waals surface area contributed by atoms with Crippen molar-refractivity contribution in [3.05, 3.63) is 35.4 Å². The Hall–Kier alpha value is -0.900. The second kappa shape index (κ2) is 7.43. The first-order chi connectivity index (χ1) is 7.78. The zero-order valence-corrected chi connectivity index (χ0v) is 11.7. The molecule has 1 N–H and O–H groups in total. The van der Waals surface area contributed by atoms with Gasteiger partial charge in [-0.1, -0.05) is 18.2 Å². The number of carbonyl (C=O) groups is 1. The van der Waals surface area contributed by atoms with Crippen LogP contribution in [0.15, 0.2) is 24.3 Å². The molecule has 0 aliphatic carbocycles. The van der Waals surface area contributed by atoms with Gasteiger partial charge in [-0.05, 0) is 30.2 Å². The number of aliphatic hydroxyl groups is 1. The van der Waals surface area contributed by atoms with Gasteiger partial charge in [-0.25, -0.2) is 0 Å². The van der Waals surface area contributed by atoms with Crippen LogP contribution in [0.25, 0.3) is 0 Å². The van der Waals surface area contributed by atoms with E-state index in [9.17, 15) is 4.79 Å². The maximum absolute atomic E-state index is 10.6. The average Bonchev–Trinajstić information content (AvgIpc) is 2.16. The summed E-state index contributed by atoms with van der Waals surface area (Å²) in [6.07, 6.45) is 0. The molecular weight excluding hydrogens is 238 g/mol. The number of aliphatic hydroxyl groups excluding tert-OH is 1. The van der Waals surface area contributed by atoms with E-state index in [1.54, 1.807) is 12.1 Å². The van der Waals surface area contributed by atoms with Crippen molar-refractivity contribution in [3.63, 3.8) is 0 Å². The Morgan fingerprint density at radius 1 is 1.29 bits per heavy atom. The van der Waals surface area contributed by atoms with Crippen molar-refractivity contribution >= 4 is 16.8 Å². The molecule has 0 heterocycles. The fourth-order valence-corrected chi connectivity index (χ4v) is 1.31. The minimum Gasteiger partial charge on any atom is -0.391 e. The van der Waals surface area contributed by atoms with Gasteiger partial charge in [0.1, 0.15) is 6.54 Å². The number of hydrogen-bond acceptors (Lipinski definition) is 2. The number of hydrogen-bond donors (Lipinski definition) is 1. The average molecular weight is 259 g/mol. The summed E-state index contributed by atoms with van der Waals surface area (Å²) in [7, 11) is 6.16. The monoisotopic (exact) mass is 258 g/mol. The van der Waals surface area contributed by atoms with Gasteiger partial charge in [0.05, 0.1) is 27.7 Å². The van der Waals surface area contributed by atoms with E-state index in [1.807, 2.05) is 19.1 Å². The predicted molar refractivity (Wildman–Crippen MR) is 71.3 cm³/mol. The standard InChI is InChI=1S/C8H7ClO.C5H14NO/c1-6-4-2-3-5-7(6)8(9)10;1-6(2,3)4-5-7/h2-5H,1H3;7H,4-5H2,1-3H3/q;+1. The van der Waals surface area contributed by atoms with Crippen LogP contribution < -0.4 is 0 Å². The minimum absolute atomic E-state index is 0.281. The van der Waals surface area contributed by atoms with E-state index >= 15 is 0 Å². The molecule has 0 aromatic heterocycles. The zero-order valence-electron chi connectivity index (χ0n) is 10.9. The lowest BCUT2D eigenvalue weighted by Gasteiger charge is -2.21. The van der Waals surface area contributed by atoms with Crippen LogP contribution in [0, 0.1) is 6.92 Å². The first-order valence-corrected chi connectivity index (χ1v) is 5.82. The highest BCUT2D eigenvalue weighted by Crippen LogP contribution is 2.08. The minimum atomic E-state index is -0.391. The van der Waals surface area contributed by atoms with Crippen LogP contribution in [0.2, 0.25) is 0 Å². The van der Waals surface area contributed by atoms with Gasteiger partial charge >= 0.3 is 0 Å². The van der Waals surface area contributed by atoms with Crippen LogP contribution in [0.4, 0.5) is 0 Å². The molecule has 0 fully saturated rings. The van der Waals surface area contributed by atoms with E-state index in [0.29, 0.717) is 5.56 Å². The lowest BCUT2D eigenvalue weighted by molar-refractivity contribution is -0.870. The number of likely N-dealkylation sites (N-methyl/N-ethyl adjacent to an activating group) is 1. The summed E-state index contributed by atoms with van der Waals surface area (Å²) in [5, 5.41) is 8.00. The molecule has 0 saturated carbocycles. The van der Waals surface area contributed by atoms with Gasteiger partial charge < -0.3 is 9.59 Å². The Bertz CT molecular complexity index is 359. The zero-order chi connectivity index (χ0) is 13.5. The first-order valence-electron chi connectivity index (χ1n) is 5.44. The SMILES string of the molecule is C[N+](C)(C)CCO.Cc1ccccc1C(=O)Cl. The molecule has 17 heavy (non-hydrogen) atoms. The fraction of sp³-hybridized carbons (Fsp3) is 0.462. The normalized spacial score (nSPS) is 10.5. The Balaban J connectivity index is 0.000000325. The Morgan fingerprint density at radius 2 is 1.82 bits per heavy atom. The summed E-state index contributed by atoms with van der Waals surface area (Å²) < 4.78 is 0.844. The molecule has 1 rings (SSSR count). The summed E-state index contributed by atoms with van der Waals surface area (Å²) in [5.41, 5.74) is 1.51. The topological polar surface area (TPSA) is 37.3 Å². The first kappa shape index (κ1) is 16.1. The molecule has 0 unspecified atom stereocenters. The van der Waals surface area contributed by atoms with Crippen LogP contribution >= 0.6 is 11.6 Å². The molecular formula is C13H21ClNO2+. The smallest absolute Gasteiger partial charge is 0.252 e. The molecule has 0 aliphatic rings. The second-order valence-electron chi connectivity index (χ2n) is 4.83. The van der Waals surface area contributed by atoms with Gasteiger partial charge in [-0.3, -0.25) is 4.79 Å². The van der Waals surface area contributed by atoms with Crippen LogP contribution in [-0.2, 0) is 0 Å². The fourth-order valence-electron chi connectivity index (χ4n) is 1.09. The van der Waals surface area contributed by atoms with E-state index in [4.69, 9.17) is 16.7 Å². The number of halogens is 1. The highest BCUT2D eigenvalue weighted by Gasteiger charge is 2.02. The molecule has 0 spiro atoms. The van der Waals surface area contributed by atoms with Gasteiger partial charge in [-0.2, -0.15) is 0 Å². The molecule has 0 atom stereocenters. The van der Waals surface area contributed by atoms with E-state index in [1.165, 1.54) is 0 Å². The number of aryl methyl sites for hydroxylation is 1. The molecule has 0 saturated heterocycles. The molecule has 0 aliphatic heterocycles. The Morgan fingerprint density at radius 3 is 2.06 bits per heavy atom. The van der Waals surface area contributed by atoms with E-state index in [0.717, 1.165) is 16.6 Å². The summed E-state index contributed by atoms with van der Waals surface area (Å²) in [5.74, 6) is 0. The van der Waals surface area contributed by atoms with E-state index in [2.05, 4.69) is 21.1 Å². The van der Waals surface area contributed by atoms with Gasteiger partial charge in [0.15, 0.2) is 0 Å². The maximum atomic E-state index is 10.6. The van der Waals surface area contributed by atoms with Crippen molar-refractivity contribution in [3.8, 4) is 0 Å². The third kappa shape index (κ3) is 7.91. The highest BCUT2D eigenvalue weighted by molar-refractivity contribution is 6.67. The van der Waals surface area contributed by atoms with Crippen LogP contribution in [0.1, 0.15) is 15.9 Å². The van der Waals surface area contributed by atoms with E-state index < -0.39 is 5.24 Å². The molecule has 1 aromatic carbocycles. The van der Waals surface area contributed by atoms with Crippen LogP contribution in [-0.4, -0.2) is 49.1 Å². The van der Waals surface area contributed by atoms with Crippen LogP contribution in [0.3, 0.4) is 0 Å². The summed E-state index contributed by atoms with van der Waals surface area (Å²) in [4.78, 5) is 10.6. The van der Waals surface area contributed by atoms with Crippen molar-refractivity contribution in [2.75, 3.05) is 34.3 Å². The second-order valence-corrected chi connectivity index (χ2v) is 5.17. The Labute approximate surface area is 108 Å². The number of rotatable bonds is 3. The molecule has 0 amide bonds. The number of nitrogens with zero attached hydrogens (tertiary/aromatic N) is 1. The van der Waals surface area contributed by atoms with Gasteiger partial charge in [-0.15, -0.1) is 0 Å². The third-order valence-corrected chi connectivity index (χ3v) is 2.33. The van der Waals surface area contributed by atoms with Crippen LogP contribution in [0.5, 0.6) is 0 Å². The van der Waals surface area contributed by atoms with E-state index in [-0.39, 0.29) is 6.61 Å². The van der Waals surface area contributed by atoms with Crippen molar-refractivity contribution in [1.82, 2.24) is 0 Å². The third-order valence-electron chi connectivity index (χ3n) is 2.13. The van der Waals surface area contributed by atoms with Crippen molar-refractivity contribution in [2.24, 2.45) is 0 Å². The van der Waals surface area contributed by atoms with Gasteiger partial charge in [0.25, 0.3) is 5.24 Å². The summed E-state index contributed by atoms with van der Waals surface area (Å²) >= 11 is 5.27. The number of carbonyl (C=O) groups excluding carboxylic acids is 1. The summed E-state index contributed by atoms with van der Waals surface area (Å²) in [6.45, 7) is 2.97. The summed E-state index contributed by atoms with van der Waals surface area (Å²) in [6, 6.07) is 7.24. The lowest BCUT2D eigenvalue weighted by atomic mass is 10.1. The lowest BCUT2D eigenvalue weighted by Crippen LogP contribution is -2.36. The van der Waals surface area contributed by atoms with Crippen molar-refractivity contribution < 1.29 is 14.4 Å². The van der Waals surface area contributed by atoms with Gasteiger partial charge in [0, 0.05) is 5.56 Å². The van der Waals surface area contributed by atoms with Crippen molar-refractivity contribution in [2.45, 2.75) is 6.92 Å². The molecule has 0 radical (unpaired) electrons. The molecule has 1 aromatic rings. The number of quaternary nitrogens is 1. The maximum Gasteiger partial charge on any atom is 0.252 e. The van der Waals surface area contributed by atoms with Crippen molar-refractivity contribution in [1.29, 1.82) is 0 Å². The predicted octanol–water partition coefficient (Wildman–Crippen LogP) is 2.06.